The van der Waals surface area contributed by atoms with Crippen molar-refractivity contribution in [2.75, 3.05) is 6.54 Å². The molecular formula is C13H20N4O3. The highest BCUT2D eigenvalue weighted by Gasteiger charge is 2.33. The van der Waals surface area contributed by atoms with E-state index in [1.165, 1.54) is 0 Å². The van der Waals surface area contributed by atoms with Crippen molar-refractivity contribution < 1.29 is 14.7 Å². The zero-order valence-corrected chi connectivity index (χ0v) is 11.5. The van der Waals surface area contributed by atoms with Crippen LogP contribution in [-0.4, -0.2) is 39.5 Å². The van der Waals surface area contributed by atoms with E-state index in [0.717, 1.165) is 18.4 Å². The normalized spacial score (nSPS) is 21.6. The maximum absolute atomic E-state index is 11.7. The summed E-state index contributed by atoms with van der Waals surface area (Å²) in [5.41, 5.74) is 1.05. The molecule has 7 heteroatoms. The van der Waals surface area contributed by atoms with Crippen LogP contribution in [0.3, 0.4) is 0 Å². The SMILES string of the molecule is Cn1cc(CCNC(=O)NC2CCCC2C(=O)O)cn1. The van der Waals surface area contributed by atoms with Crippen LogP contribution in [0, 0.1) is 5.92 Å². The molecule has 2 amide bonds. The quantitative estimate of drug-likeness (QED) is 0.732. The van der Waals surface area contributed by atoms with Crippen LogP contribution in [-0.2, 0) is 18.3 Å². The van der Waals surface area contributed by atoms with E-state index < -0.39 is 11.9 Å². The van der Waals surface area contributed by atoms with E-state index in [0.29, 0.717) is 19.4 Å². The van der Waals surface area contributed by atoms with Crippen molar-refractivity contribution in [3.8, 4) is 0 Å². The van der Waals surface area contributed by atoms with Gasteiger partial charge in [-0.1, -0.05) is 6.42 Å². The second-order valence-corrected chi connectivity index (χ2v) is 5.15. The lowest BCUT2D eigenvalue weighted by atomic mass is 10.0. The molecule has 2 unspecified atom stereocenters. The summed E-state index contributed by atoms with van der Waals surface area (Å²) in [6.07, 6.45) is 6.57. The van der Waals surface area contributed by atoms with Crippen molar-refractivity contribution in [1.82, 2.24) is 20.4 Å². The lowest BCUT2D eigenvalue weighted by Gasteiger charge is -2.17. The number of aryl methyl sites for hydroxylation is 1. The molecule has 0 aromatic carbocycles. The van der Waals surface area contributed by atoms with Crippen LogP contribution in [0.15, 0.2) is 12.4 Å². The standard InChI is InChI=1S/C13H20N4O3/c1-17-8-9(7-15-17)5-6-14-13(20)16-11-4-2-3-10(11)12(18)19/h7-8,10-11H,2-6H2,1H3,(H,18,19)(H2,14,16,20). The number of amides is 2. The van der Waals surface area contributed by atoms with Gasteiger partial charge in [0.2, 0.25) is 0 Å². The number of carboxylic acids is 1. The third kappa shape index (κ3) is 3.72. The number of hydrogen-bond acceptors (Lipinski definition) is 3. The van der Waals surface area contributed by atoms with E-state index >= 15 is 0 Å². The van der Waals surface area contributed by atoms with Crippen molar-refractivity contribution in [2.24, 2.45) is 13.0 Å². The molecule has 1 aliphatic rings. The van der Waals surface area contributed by atoms with Crippen molar-refractivity contribution >= 4 is 12.0 Å². The van der Waals surface area contributed by atoms with Crippen LogP contribution in [0.25, 0.3) is 0 Å². The number of carbonyl (C=O) groups is 2. The minimum absolute atomic E-state index is 0.258. The van der Waals surface area contributed by atoms with Crippen molar-refractivity contribution in [2.45, 2.75) is 31.7 Å². The van der Waals surface area contributed by atoms with Crippen molar-refractivity contribution in [3.63, 3.8) is 0 Å². The second kappa shape index (κ2) is 6.40. The zero-order chi connectivity index (χ0) is 14.5. The Morgan fingerprint density at radius 1 is 1.50 bits per heavy atom. The fourth-order valence-electron chi connectivity index (χ4n) is 2.57. The molecule has 1 aliphatic carbocycles. The van der Waals surface area contributed by atoms with E-state index in [-0.39, 0.29) is 12.1 Å². The van der Waals surface area contributed by atoms with E-state index in [2.05, 4.69) is 15.7 Å². The fourth-order valence-corrected chi connectivity index (χ4v) is 2.57. The van der Waals surface area contributed by atoms with Gasteiger partial charge in [-0.2, -0.15) is 5.10 Å². The Kier molecular flexibility index (Phi) is 4.60. The zero-order valence-electron chi connectivity index (χ0n) is 11.5. The minimum Gasteiger partial charge on any atom is -0.481 e. The van der Waals surface area contributed by atoms with Gasteiger partial charge in [0, 0.05) is 25.8 Å². The van der Waals surface area contributed by atoms with E-state index in [1.54, 1.807) is 10.9 Å². The van der Waals surface area contributed by atoms with E-state index in [4.69, 9.17) is 5.11 Å². The van der Waals surface area contributed by atoms with Crippen LogP contribution in [0.2, 0.25) is 0 Å². The summed E-state index contributed by atoms with van der Waals surface area (Å²) < 4.78 is 1.71. The molecule has 1 aromatic rings. The molecule has 1 fully saturated rings. The Bertz CT molecular complexity index is 486. The number of urea groups is 1. The van der Waals surface area contributed by atoms with E-state index in [1.807, 2.05) is 13.2 Å². The smallest absolute Gasteiger partial charge is 0.315 e. The maximum Gasteiger partial charge on any atom is 0.315 e. The molecule has 0 radical (unpaired) electrons. The van der Waals surface area contributed by atoms with Crippen molar-refractivity contribution in [3.05, 3.63) is 18.0 Å². The van der Waals surface area contributed by atoms with Crippen LogP contribution in [0.4, 0.5) is 4.79 Å². The highest BCUT2D eigenvalue weighted by molar-refractivity contribution is 5.77. The van der Waals surface area contributed by atoms with Gasteiger partial charge >= 0.3 is 12.0 Å². The Labute approximate surface area is 117 Å². The predicted octanol–water partition coefficient (Wildman–Crippen LogP) is 0.515. The number of aliphatic carboxylic acids is 1. The summed E-state index contributed by atoms with van der Waals surface area (Å²) in [5, 5.41) is 18.6. The average molecular weight is 280 g/mol. The Morgan fingerprint density at radius 2 is 2.30 bits per heavy atom. The van der Waals surface area contributed by atoms with Crippen LogP contribution in [0.5, 0.6) is 0 Å². The van der Waals surface area contributed by atoms with Gasteiger partial charge in [-0.25, -0.2) is 4.79 Å². The van der Waals surface area contributed by atoms with Gasteiger partial charge < -0.3 is 15.7 Å². The number of carbonyl (C=O) groups excluding carboxylic acids is 1. The molecule has 7 nitrogen and oxygen atoms in total. The first-order chi connectivity index (χ1) is 9.56. The number of carboxylic acid groups (broad SMARTS) is 1. The molecule has 2 atom stereocenters. The second-order valence-electron chi connectivity index (χ2n) is 5.15. The largest absolute Gasteiger partial charge is 0.481 e. The first kappa shape index (κ1) is 14.4. The molecule has 1 aromatic heterocycles. The first-order valence-electron chi connectivity index (χ1n) is 6.81. The fraction of sp³-hybridized carbons (Fsp3) is 0.615. The molecule has 0 aliphatic heterocycles. The molecule has 1 saturated carbocycles. The molecule has 0 saturated heterocycles. The average Bonchev–Trinajstić information content (AvgIpc) is 2.98. The Balaban J connectivity index is 1.71. The summed E-state index contributed by atoms with van der Waals surface area (Å²) in [4.78, 5) is 22.7. The van der Waals surface area contributed by atoms with Crippen LogP contribution in [0.1, 0.15) is 24.8 Å². The molecule has 20 heavy (non-hydrogen) atoms. The van der Waals surface area contributed by atoms with Crippen molar-refractivity contribution in [1.29, 1.82) is 0 Å². The van der Waals surface area contributed by atoms with Gasteiger partial charge in [0.05, 0.1) is 12.1 Å². The lowest BCUT2D eigenvalue weighted by molar-refractivity contribution is -0.142. The summed E-state index contributed by atoms with van der Waals surface area (Å²) in [6.45, 7) is 0.502. The van der Waals surface area contributed by atoms with Gasteiger partial charge in [0.15, 0.2) is 0 Å². The number of aromatic nitrogens is 2. The summed E-state index contributed by atoms with van der Waals surface area (Å²) in [5.74, 6) is -1.29. The summed E-state index contributed by atoms with van der Waals surface area (Å²) in [7, 11) is 1.84. The molecule has 0 spiro atoms. The minimum atomic E-state index is -0.830. The Hall–Kier alpha value is -2.05. The highest BCUT2D eigenvalue weighted by atomic mass is 16.4. The molecule has 2 rings (SSSR count). The van der Waals surface area contributed by atoms with Crippen LogP contribution < -0.4 is 10.6 Å². The number of nitrogens with one attached hydrogen (secondary N) is 2. The van der Waals surface area contributed by atoms with Gasteiger partial charge in [0.1, 0.15) is 0 Å². The van der Waals surface area contributed by atoms with Gasteiger partial charge in [-0.05, 0) is 24.8 Å². The predicted molar refractivity (Wildman–Crippen MR) is 72.2 cm³/mol. The van der Waals surface area contributed by atoms with E-state index in [9.17, 15) is 9.59 Å². The summed E-state index contributed by atoms with van der Waals surface area (Å²) in [6, 6.07) is -0.557. The molecule has 110 valence electrons. The van der Waals surface area contributed by atoms with Gasteiger partial charge in [0.25, 0.3) is 0 Å². The molecular weight excluding hydrogens is 260 g/mol. The number of hydrogen-bond donors (Lipinski definition) is 3. The van der Waals surface area contributed by atoms with Gasteiger partial charge in [-0.15, -0.1) is 0 Å². The maximum atomic E-state index is 11.7. The number of rotatable bonds is 5. The third-order valence-electron chi connectivity index (χ3n) is 3.61. The first-order valence-corrected chi connectivity index (χ1v) is 6.81. The highest BCUT2D eigenvalue weighted by Crippen LogP contribution is 2.25. The topological polar surface area (TPSA) is 96.2 Å². The molecule has 0 bridgehead atoms. The number of nitrogens with zero attached hydrogens (tertiary/aromatic N) is 2. The third-order valence-corrected chi connectivity index (χ3v) is 3.61. The lowest BCUT2D eigenvalue weighted by Crippen LogP contribution is -2.45. The summed E-state index contributed by atoms with van der Waals surface area (Å²) >= 11 is 0. The molecule has 3 N–H and O–H groups in total. The van der Waals surface area contributed by atoms with Gasteiger partial charge in [-0.3, -0.25) is 9.48 Å². The Morgan fingerprint density at radius 3 is 2.95 bits per heavy atom. The monoisotopic (exact) mass is 280 g/mol. The van der Waals surface area contributed by atoms with Crippen LogP contribution >= 0.6 is 0 Å². The molecule has 1 heterocycles.